The summed E-state index contributed by atoms with van der Waals surface area (Å²) in [6.45, 7) is 6.94. The molecule has 0 spiro atoms. The molecule has 0 aliphatic heterocycles. The van der Waals surface area contributed by atoms with Crippen LogP contribution in [0.25, 0.3) is 0 Å². The van der Waals surface area contributed by atoms with E-state index in [4.69, 9.17) is 4.74 Å². The van der Waals surface area contributed by atoms with Crippen LogP contribution in [-0.4, -0.2) is 31.9 Å². The van der Waals surface area contributed by atoms with Gasteiger partial charge in [0, 0.05) is 20.2 Å². The molecule has 0 amide bonds. The third-order valence-corrected chi connectivity index (χ3v) is 2.71. The molecule has 0 saturated carbocycles. The van der Waals surface area contributed by atoms with Gasteiger partial charge in [-0.05, 0) is 24.6 Å². The van der Waals surface area contributed by atoms with Crippen LogP contribution in [0.5, 0.6) is 0 Å². The average molecular weight is 253 g/mol. The number of hydrogen-bond acceptors (Lipinski definition) is 3. The zero-order valence-electron chi connectivity index (χ0n) is 10.9. The molecule has 1 unspecified atom stereocenters. The monoisotopic (exact) mass is 253 g/mol. The summed E-state index contributed by atoms with van der Waals surface area (Å²) in [4.78, 5) is 1.84. The fourth-order valence-electron chi connectivity index (χ4n) is 1.71. The maximum Gasteiger partial charge on any atom is 0.146 e. The van der Waals surface area contributed by atoms with Gasteiger partial charge in [0.25, 0.3) is 0 Å². The van der Waals surface area contributed by atoms with E-state index in [2.05, 4.69) is 6.58 Å². The summed E-state index contributed by atoms with van der Waals surface area (Å²) >= 11 is 0. The average Bonchev–Trinajstić information content (AvgIpc) is 2.34. The van der Waals surface area contributed by atoms with Gasteiger partial charge in [-0.25, -0.2) is 4.39 Å². The van der Waals surface area contributed by atoms with Crippen molar-refractivity contribution < 1.29 is 14.2 Å². The number of aliphatic hydroxyl groups excluding tert-OH is 1. The minimum atomic E-state index is -0.666. The van der Waals surface area contributed by atoms with E-state index < -0.39 is 6.10 Å². The van der Waals surface area contributed by atoms with Gasteiger partial charge in [0.1, 0.15) is 5.82 Å². The summed E-state index contributed by atoms with van der Waals surface area (Å²) < 4.78 is 19.0. The molecule has 0 bridgehead atoms. The topological polar surface area (TPSA) is 32.7 Å². The molecule has 1 aromatic rings. The lowest BCUT2D eigenvalue weighted by atomic mass is 10.1. The van der Waals surface area contributed by atoms with Gasteiger partial charge < -0.3 is 14.7 Å². The SMILES string of the molecule is C=CCN(CCOC)c1ccc(C(C)O)cc1F. The van der Waals surface area contributed by atoms with Gasteiger partial charge in [-0.3, -0.25) is 0 Å². The zero-order valence-corrected chi connectivity index (χ0v) is 10.9. The molecule has 100 valence electrons. The van der Waals surface area contributed by atoms with Crippen LogP contribution in [0, 0.1) is 5.82 Å². The molecule has 0 aliphatic carbocycles. The van der Waals surface area contributed by atoms with E-state index in [1.54, 1.807) is 32.2 Å². The van der Waals surface area contributed by atoms with Crippen molar-refractivity contribution in [3.63, 3.8) is 0 Å². The van der Waals surface area contributed by atoms with Crippen molar-refractivity contribution in [2.24, 2.45) is 0 Å². The lowest BCUT2D eigenvalue weighted by molar-refractivity contribution is 0.198. The van der Waals surface area contributed by atoms with Crippen LogP contribution in [0.1, 0.15) is 18.6 Å². The highest BCUT2D eigenvalue weighted by Gasteiger charge is 2.12. The highest BCUT2D eigenvalue weighted by atomic mass is 19.1. The molecular formula is C14H20FNO2. The molecule has 1 N–H and O–H groups in total. The molecular weight excluding hydrogens is 233 g/mol. The summed E-state index contributed by atoms with van der Waals surface area (Å²) in [5.41, 5.74) is 1.07. The van der Waals surface area contributed by atoms with Gasteiger partial charge in [0.05, 0.1) is 18.4 Å². The van der Waals surface area contributed by atoms with E-state index >= 15 is 0 Å². The smallest absolute Gasteiger partial charge is 0.146 e. The standard InChI is InChI=1S/C14H20FNO2/c1-4-7-16(8-9-18-3)14-6-5-12(11(2)17)10-13(14)15/h4-6,10-11,17H,1,7-9H2,2-3H3. The maximum atomic E-state index is 14.0. The molecule has 0 aromatic heterocycles. The molecule has 0 saturated heterocycles. The first kappa shape index (κ1) is 14.7. The van der Waals surface area contributed by atoms with Gasteiger partial charge in [0.15, 0.2) is 0 Å². The van der Waals surface area contributed by atoms with Crippen molar-refractivity contribution in [3.8, 4) is 0 Å². The van der Waals surface area contributed by atoms with E-state index in [9.17, 15) is 9.50 Å². The number of nitrogens with zero attached hydrogens (tertiary/aromatic N) is 1. The highest BCUT2D eigenvalue weighted by molar-refractivity contribution is 5.50. The van der Waals surface area contributed by atoms with Crippen LogP contribution >= 0.6 is 0 Å². The van der Waals surface area contributed by atoms with E-state index in [0.717, 1.165) is 0 Å². The minimum absolute atomic E-state index is 0.341. The van der Waals surface area contributed by atoms with Crippen LogP contribution in [0.2, 0.25) is 0 Å². The third-order valence-electron chi connectivity index (χ3n) is 2.71. The van der Waals surface area contributed by atoms with Crippen molar-refractivity contribution in [1.82, 2.24) is 0 Å². The Morgan fingerprint density at radius 2 is 2.28 bits per heavy atom. The predicted molar refractivity (Wildman–Crippen MR) is 71.3 cm³/mol. The van der Waals surface area contributed by atoms with Gasteiger partial charge >= 0.3 is 0 Å². The summed E-state index contributed by atoms with van der Waals surface area (Å²) in [5, 5.41) is 9.41. The Morgan fingerprint density at radius 1 is 1.56 bits per heavy atom. The van der Waals surface area contributed by atoms with Crippen molar-refractivity contribution in [2.75, 3.05) is 31.7 Å². The fourth-order valence-corrected chi connectivity index (χ4v) is 1.71. The minimum Gasteiger partial charge on any atom is -0.389 e. The first-order chi connectivity index (χ1) is 8.60. The Bertz CT molecular complexity index is 393. The number of anilines is 1. The quantitative estimate of drug-likeness (QED) is 0.758. The van der Waals surface area contributed by atoms with Crippen LogP contribution in [0.3, 0.4) is 0 Å². The Kier molecular flexibility index (Phi) is 5.82. The van der Waals surface area contributed by atoms with Crippen molar-refractivity contribution >= 4 is 5.69 Å². The molecule has 0 radical (unpaired) electrons. The molecule has 1 rings (SSSR count). The van der Waals surface area contributed by atoms with Gasteiger partial charge in [0.2, 0.25) is 0 Å². The van der Waals surface area contributed by atoms with E-state index in [1.807, 2.05) is 4.90 Å². The number of ether oxygens (including phenoxy) is 1. The predicted octanol–water partition coefficient (Wildman–Crippen LogP) is 2.52. The summed E-state index contributed by atoms with van der Waals surface area (Å²) in [5.74, 6) is -0.341. The first-order valence-corrected chi connectivity index (χ1v) is 5.92. The second-order valence-electron chi connectivity index (χ2n) is 4.11. The van der Waals surface area contributed by atoms with Crippen LogP contribution in [0.15, 0.2) is 30.9 Å². The molecule has 0 fully saturated rings. The Balaban J connectivity index is 2.93. The normalized spacial score (nSPS) is 12.2. The largest absolute Gasteiger partial charge is 0.389 e. The van der Waals surface area contributed by atoms with Crippen molar-refractivity contribution in [2.45, 2.75) is 13.0 Å². The lowest BCUT2D eigenvalue weighted by Gasteiger charge is -2.24. The Morgan fingerprint density at radius 3 is 2.78 bits per heavy atom. The maximum absolute atomic E-state index is 14.0. The first-order valence-electron chi connectivity index (χ1n) is 5.92. The molecule has 0 heterocycles. The molecule has 1 atom stereocenters. The van der Waals surface area contributed by atoms with E-state index in [-0.39, 0.29) is 5.82 Å². The van der Waals surface area contributed by atoms with E-state index in [0.29, 0.717) is 30.9 Å². The number of halogens is 1. The van der Waals surface area contributed by atoms with Crippen LogP contribution in [0.4, 0.5) is 10.1 Å². The summed E-state index contributed by atoms with van der Waals surface area (Å²) in [6.07, 6.45) is 1.05. The fraction of sp³-hybridized carbons (Fsp3) is 0.429. The lowest BCUT2D eigenvalue weighted by Crippen LogP contribution is -2.28. The number of benzene rings is 1. The molecule has 18 heavy (non-hydrogen) atoms. The van der Waals surface area contributed by atoms with Crippen molar-refractivity contribution in [1.29, 1.82) is 0 Å². The second-order valence-corrected chi connectivity index (χ2v) is 4.11. The van der Waals surface area contributed by atoms with Gasteiger partial charge in [-0.1, -0.05) is 12.1 Å². The zero-order chi connectivity index (χ0) is 13.5. The molecule has 0 aliphatic rings. The summed E-state index contributed by atoms with van der Waals surface area (Å²) in [6, 6.07) is 4.77. The number of rotatable bonds is 7. The third kappa shape index (κ3) is 3.82. The van der Waals surface area contributed by atoms with Crippen molar-refractivity contribution in [3.05, 3.63) is 42.2 Å². The van der Waals surface area contributed by atoms with Crippen LogP contribution < -0.4 is 4.90 Å². The Labute approximate surface area is 107 Å². The highest BCUT2D eigenvalue weighted by Crippen LogP contribution is 2.23. The second kappa shape index (κ2) is 7.13. The molecule has 4 heteroatoms. The van der Waals surface area contributed by atoms with E-state index in [1.165, 1.54) is 6.07 Å². The molecule has 3 nitrogen and oxygen atoms in total. The Hall–Kier alpha value is -1.39. The van der Waals surface area contributed by atoms with Crippen LogP contribution in [-0.2, 0) is 4.74 Å². The molecule has 1 aromatic carbocycles. The number of methoxy groups -OCH3 is 1. The van der Waals surface area contributed by atoms with Gasteiger partial charge in [-0.15, -0.1) is 6.58 Å². The summed E-state index contributed by atoms with van der Waals surface area (Å²) in [7, 11) is 1.61. The van der Waals surface area contributed by atoms with Gasteiger partial charge in [-0.2, -0.15) is 0 Å². The number of hydrogen-bond donors (Lipinski definition) is 1. The number of aliphatic hydroxyl groups is 1.